The van der Waals surface area contributed by atoms with Gasteiger partial charge in [0.15, 0.2) is 11.5 Å². The molecule has 154 valence electrons. The van der Waals surface area contributed by atoms with Gasteiger partial charge in [-0.15, -0.1) is 0 Å². The van der Waals surface area contributed by atoms with Crippen molar-refractivity contribution in [2.45, 2.75) is 52.0 Å². The number of hydrogen-bond acceptors (Lipinski definition) is 7. The van der Waals surface area contributed by atoms with Crippen molar-refractivity contribution in [3.8, 4) is 23.1 Å². The molecule has 2 amide bonds. The van der Waals surface area contributed by atoms with E-state index in [2.05, 4.69) is 25.6 Å². The Morgan fingerprint density at radius 1 is 1.14 bits per heavy atom. The Hall–Kier alpha value is -3.23. The average Bonchev–Trinajstić information content (AvgIpc) is 2.70. The van der Waals surface area contributed by atoms with E-state index in [0.717, 1.165) is 25.7 Å². The molecule has 0 radical (unpaired) electrons. The van der Waals surface area contributed by atoms with Crippen LogP contribution in [0.25, 0.3) is 11.5 Å². The van der Waals surface area contributed by atoms with E-state index in [1.54, 1.807) is 12.1 Å². The predicted octanol–water partition coefficient (Wildman–Crippen LogP) is 2.61. The van der Waals surface area contributed by atoms with Crippen LogP contribution in [0.2, 0.25) is 0 Å². The van der Waals surface area contributed by atoms with Gasteiger partial charge in [0.05, 0.1) is 11.9 Å². The highest BCUT2D eigenvalue weighted by Gasteiger charge is 2.25. The molecule has 1 fully saturated rings. The highest BCUT2D eigenvalue weighted by atomic mass is 16.3. The molecular weight excluding hydrogens is 374 g/mol. The first-order valence-electron chi connectivity index (χ1n) is 9.70. The molecule has 0 aliphatic heterocycles. The van der Waals surface area contributed by atoms with Gasteiger partial charge in [-0.05, 0) is 37.8 Å². The summed E-state index contributed by atoms with van der Waals surface area (Å²) in [5.74, 6) is -1.80. The van der Waals surface area contributed by atoms with Gasteiger partial charge in [-0.2, -0.15) is 4.98 Å². The number of nitrogens with zero attached hydrogens (tertiary/aromatic N) is 3. The fraction of sp³-hybridized carbons (Fsp3) is 0.450. The summed E-state index contributed by atoms with van der Waals surface area (Å²) in [6, 6.07) is 3.07. The summed E-state index contributed by atoms with van der Waals surface area (Å²) in [4.78, 5) is 35.9. The van der Waals surface area contributed by atoms with E-state index in [4.69, 9.17) is 0 Å². The van der Waals surface area contributed by atoms with Crippen molar-refractivity contribution in [3.63, 3.8) is 0 Å². The molecule has 1 aliphatic rings. The first-order valence-corrected chi connectivity index (χ1v) is 9.70. The Balaban J connectivity index is 1.81. The predicted molar refractivity (Wildman–Crippen MR) is 106 cm³/mol. The molecule has 1 aliphatic carbocycles. The molecule has 3 rings (SSSR count). The molecular formula is C20H25N5O4. The van der Waals surface area contributed by atoms with Crippen LogP contribution in [0, 0.1) is 5.92 Å². The van der Waals surface area contributed by atoms with Gasteiger partial charge in [0, 0.05) is 13.0 Å². The lowest BCUT2D eigenvalue weighted by Crippen LogP contribution is -2.39. The summed E-state index contributed by atoms with van der Waals surface area (Å²) in [6.45, 7) is 3.32. The van der Waals surface area contributed by atoms with E-state index in [-0.39, 0.29) is 29.2 Å². The van der Waals surface area contributed by atoms with Crippen LogP contribution in [0.4, 0.5) is 5.69 Å². The number of pyridine rings is 1. The third-order valence-corrected chi connectivity index (χ3v) is 5.11. The maximum Gasteiger partial charge on any atom is 0.274 e. The van der Waals surface area contributed by atoms with Crippen LogP contribution in [0.5, 0.6) is 11.6 Å². The van der Waals surface area contributed by atoms with Crippen molar-refractivity contribution < 1.29 is 19.8 Å². The van der Waals surface area contributed by atoms with Gasteiger partial charge in [-0.25, -0.2) is 4.98 Å². The number of amides is 2. The fourth-order valence-electron chi connectivity index (χ4n) is 3.55. The molecule has 9 heteroatoms. The Labute approximate surface area is 168 Å². The molecule has 9 nitrogen and oxygen atoms in total. The minimum atomic E-state index is -0.696. The summed E-state index contributed by atoms with van der Waals surface area (Å²) in [5, 5.41) is 25.5. The molecule has 4 N–H and O–H groups in total. The van der Waals surface area contributed by atoms with E-state index < -0.39 is 17.5 Å². The molecule has 0 saturated heterocycles. The molecule has 2 heterocycles. The van der Waals surface area contributed by atoms with Crippen molar-refractivity contribution in [1.82, 2.24) is 20.3 Å². The minimum Gasteiger partial charge on any atom is -0.501 e. The standard InChI is InChI=1S/C20H25N5O4/c1-11(13-6-4-3-5-7-13)22-19(28)16-17(27)20(29)25-18(24-16)15-9-8-14(10-21-15)23-12(2)26/h8-11,13,27H,3-7H2,1-2H3,(H,22,28)(H,23,26)(H,24,25,29). The quantitative estimate of drug-likeness (QED) is 0.606. The van der Waals surface area contributed by atoms with Gasteiger partial charge in [-0.3, -0.25) is 14.6 Å². The van der Waals surface area contributed by atoms with Crippen LogP contribution in [0.1, 0.15) is 56.4 Å². The molecule has 1 saturated carbocycles. The first kappa shape index (κ1) is 20.5. The highest BCUT2D eigenvalue weighted by Crippen LogP contribution is 2.30. The first-order chi connectivity index (χ1) is 13.8. The second-order valence-corrected chi connectivity index (χ2v) is 7.34. The Bertz CT molecular complexity index is 894. The average molecular weight is 399 g/mol. The van der Waals surface area contributed by atoms with E-state index in [1.165, 1.54) is 19.5 Å². The van der Waals surface area contributed by atoms with Gasteiger partial charge in [-0.1, -0.05) is 19.3 Å². The van der Waals surface area contributed by atoms with Gasteiger partial charge < -0.3 is 20.8 Å². The SMILES string of the molecule is CC(=O)Nc1ccc(-c2nc(O)c(O)c(C(=O)NC(C)C3CCCCC3)n2)nc1. The zero-order valence-electron chi connectivity index (χ0n) is 16.5. The van der Waals surface area contributed by atoms with Gasteiger partial charge >= 0.3 is 0 Å². The van der Waals surface area contributed by atoms with Gasteiger partial charge in [0.25, 0.3) is 11.8 Å². The van der Waals surface area contributed by atoms with Crippen molar-refractivity contribution in [2.75, 3.05) is 5.32 Å². The molecule has 2 aromatic rings. The van der Waals surface area contributed by atoms with E-state index in [0.29, 0.717) is 11.6 Å². The minimum absolute atomic E-state index is 0.00913. The zero-order valence-corrected chi connectivity index (χ0v) is 16.5. The van der Waals surface area contributed by atoms with Crippen molar-refractivity contribution in [2.24, 2.45) is 5.92 Å². The van der Waals surface area contributed by atoms with Crippen molar-refractivity contribution in [3.05, 3.63) is 24.0 Å². The Morgan fingerprint density at radius 2 is 1.86 bits per heavy atom. The number of aromatic nitrogens is 3. The number of carbonyl (C=O) groups excluding carboxylic acids is 2. The summed E-state index contributed by atoms with van der Waals surface area (Å²) in [5.41, 5.74) is 0.468. The Kier molecular flexibility index (Phi) is 6.26. The van der Waals surface area contributed by atoms with Gasteiger partial charge in [0.1, 0.15) is 5.69 Å². The monoisotopic (exact) mass is 399 g/mol. The van der Waals surface area contributed by atoms with E-state index >= 15 is 0 Å². The van der Waals surface area contributed by atoms with Crippen LogP contribution in [-0.4, -0.2) is 43.0 Å². The number of hydrogen-bond donors (Lipinski definition) is 4. The third-order valence-electron chi connectivity index (χ3n) is 5.11. The maximum absolute atomic E-state index is 12.7. The van der Waals surface area contributed by atoms with Crippen LogP contribution in [0.3, 0.4) is 0 Å². The normalized spacial score (nSPS) is 15.5. The fourth-order valence-corrected chi connectivity index (χ4v) is 3.55. The smallest absolute Gasteiger partial charge is 0.274 e. The second-order valence-electron chi connectivity index (χ2n) is 7.34. The molecule has 1 atom stereocenters. The van der Waals surface area contributed by atoms with Crippen LogP contribution in [0.15, 0.2) is 18.3 Å². The number of rotatable bonds is 5. The number of anilines is 1. The number of carbonyl (C=O) groups is 2. The number of nitrogens with one attached hydrogen (secondary N) is 2. The summed E-state index contributed by atoms with van der Waals surface area (Å²) < 4.78 is 0. The Morgan fingerprint density at radius 3 is 2.48 bits per heavy atom. The lowest BCUT2D eigenvalue weighted by Gasteiger charge is -2.28. The largest absolute Gasteiger partial charge is 0.501 e. The lowest BCUT2D eigenvalue weighted by atomic mass is 9.84. The molecule has 2 aromatic heterocycles. The van der Waals surface area contributed by atoms with E-state index in [1.807, 2.05) is 6.92 Å². The molecule has 0 aromatic carbocycles. The van der Waals surface area contributed by atoms with Crippen LogP contribution < -0.4 is 10.6 Å². The molecule has 29 heavy (non-hydrogen) atoms. The third kappa shape index (κ3) is 4.98. The number of aromatic hydroxyl groups is 2. The molecule has 0 bridgehead atoms. The van der Waals surface area contributed by atoms with Crippen LogP contribution in [-0.2, 0) is 4.79 Å². The summed E-state index contributed by atoms with van der Waals surface area (Å²) in [6.07, 6.45) is 7.03. The zero-order chi connectivity index (χ0) is 21.0. The highest BCUT2D eigenvalue weighted by molar-refractivity contribution is 5.96. The second kappa shape index (κ2) is 8.85. The molecule has 0 spiro atoms. The van der Waals surface area contributed by atoms with Crippen molar-refractivity contribution in [1.29, 1.82) is 0 Å². The van der Waals surface area contributed by atoms with Gasteiger partial charge in [0.2, 0.25) is 11.7 Å². The van der Waals surface area contributed by atoms with Crippen molar-refractivity contribution >= 4 is 17.5 Å². The van der Waals surface area contributed by atoms with Crippen LogP contribution >= 0.6 is 0 Å². The van der Waals surface area contributed by atoms with E-state index in [9.17, 15) is 19.8 Å². The summed E-state index contributed by atoms with van der Waals surface area (Å²) >= 11 is 0. The topological polar surface area (TPSA) is 137 Å². The molecule has 1 unspecified atom stereocenters. The summed E-state index contributed by atoms with van der Waals surface area (Å²) in [7, 11) is 0. The lowest BCUT2D eigenvalue weighted by molar-refractivity contribution is -0.114. The maximum atomic E-state index is 12.7.